The number of aliphatic hydroxyl groups is 2. The van der Waals surface area contributed by atoms with E-state index < -0.39 is 40.2 Å². The Labute approximate surface area is 211 Å². The Balaban J connectivity index is 1.56. The molecule has 5 heteroatoms. The van der Waals surface area contributed by atoms with Crippen LogP contribution in [0.25, 0.3) is 0 Å². The quantitative estimate of drug-likeness (QED) is 0.362. The number of fused-ring (bicyclic) bond motifs is 5. The average Bonchev–Trinajstić information content (AvgIpc) is 3.00. The first-order valence-electron chi connectivity index (χ1n) is 14.1. The lowest BCUT2D eigenvalue weighted by Crippen LogP contribution is -2.78. The van der Waals surface area contributed by atoms with Crippen LogP contribution in [0.15, 0.2) is 11.6 Å². The molecule has 6 aliphatic rings. The molecule has 0 unspecified atom stereocenters. The van der Waals surface area contributed by atoms with Crippen LogP contribution in [0.2, 0.25) is 0 Å². The van der Waals surface area contributed by atoms with E-state index in [0.29, 0.717) is 30.6 Å². The van der Waals surface area contributed by atoms with Gasteiger partial charge in [-0.1, -0.05) is 53.2 Å². The minimum absolute atomic E-state index is 0.125. The van der Waals surface area contributed by atoms with Crippen molar-refractivity contribution in [2.24, 2.45) is 50.7 Å². The van der Waals surface area contributed by atoms with Crippen molar-refractivity contribution in [2.45, 2.75) is 118 Å². The highest BCUT2D eigenvalue weighted by atomic mass is 17.2. The molecule has 0 aromatic heterocycles. The number of aliphatic hydroxyl groups excluding tert-OH is 2. The van der Waals surface area contributed by atoms with Gasteiger partial charge in [-0.2, -0.15) is 0 Å². The highest BCUT2D eigenvalue weighted by Gasteiger charge is 2.83. The molecule has 6 rings (SSSR count). The van der Waals surface area contributed by atoms with Crippen molar-refractivity contribution in [1.29, 1.82) is 0 Å². The lowest BCUT2D eigenvalue weighted by Gasteiger charge is -2.73. The zero-order valence-corrected chi connectivity index (χ0v) is 23.0. The van der Waals surface area contributed by atoms with Gasteiger partial charge in [0.25, 0.3) is 0 Å². The predicted octanol–water partition coefficient (Wildman–Crippen LogP) is 5.24. The maximum atomic E-state index is 13.2. The molecule has 1 heterocycles. The van der Waals surface area contributed by atoms with Crippen LogP contribution in [-0.4, -0.2) is 39.9 Å². The highest BCUT2D eigenvalue weighted by Crippen LogP contribution is 2.78. The van der Waals surface area contributed by atoms with Gasteiger partial charge in [-0.15, -0.1) is 0 Å². The van der Waals surface area contributed by atoms with Gasteiger partial charge in [0.15, 0.2) is 0 Å². The second-order valence-corrected chi connectivity index (χ2v) is 15.0. The Morgan fingerprint density at radius 3 is 2.34 bits per heavy atom. The third-order valence-electron chi connectivity index (χ3n) is 13.8. The summed E-state index contributed by atoms with van der Waals surface area (Å²) in [6.45, 7) is 17.9. The fourth-order valence-electron chi connectivity index (χ4n) is 11.0. The molecule has 2 bridgehead atoms. The normalized spacial score (nSPS) is 60.7. The molecule has 0 amide bonds. The van der Waals surface area contributed by atoms with E-state index in [0.717, 1.165) is 12.8 Å². The average molecular weight is 487 g/mol. The Bertz CT molecular complexity index is 1000. The van der Waals surface area contributed by atoms with Gasteiger partial charge in [0.1, 0.15) is 17.5 Å². The fourth-order valence-corrected chi connectivity index (χ4v) is 11.0. The lowest BCUT2D eigenvalue weighted by atomic mass is 9.31. The molecule has 5 nitrogen and oxygen atoms in total. The molecular formula is C30H46O5. The van der Waals surface area contributed by atoms with E-state index in [1.165, 1.54) is 18.4 Å². The first-order valence-corrected chi connectivity index (χ1v) is 14.1. The summed E-state index contributed by atoms with van der Waals surface area (Å²) >= 11 is 0. The molecule has 4 saturated carbocycles. The number of rotatable bonds is 0. The highest BCUT2D eigenvalue weighted by molar-refractivity contribution is 5.88. The first kappa shape index (κ1) is 24.6. The zero-order valence-electron chi connectivity index (χ0n) is 23.0. The summed E-state index contributed by atoms with van der Waals surface area (Å²) in [5, 5.41) is 24.2. The number of hydrogen-bond acceptors (Lipinski definition) is 5. The maximum absolute atomic E-state index is 13.2. The van der Waals surface area contributed by atoms with E-state index in [1.54, 1.807) is 0 Å². The van der Waals surface area contributed by atoms with Gasteiger partial charge >= 0.3 is 0 Å². The Kier molecular flexibility index (Phi) is 4.78. The van der Waals surface area contributed by atoms with Crippen molar-refractivity contribution in [1.82, 2.24) is 0 Å². The summed E-state index contributed by atoms with van der Waals surface area (Å²) in [4.78, 5) is 25.3. The second kappa shape index (κ2) is 6.81. The van der Waals surface area contributed by atoms with E-state index in [1.807, 2.05) is 13.8 Å². The van der Waals surface area contributed by atoms with Crippen LogP contribution in [0.4, 0.5) is 0 Å². The van der Waals surface area contributed by atoms with Crippen molar-refractivity contribution in [3.8, 4) is 0 Å². The van der Waals surface area contributed by atoms with Crippen LogP contribution in [-0.2, 0) is 14.6 Å². The topological polar surface area (TPSA) is 76.0 Å². The zero-order chi connectivity index (χ0) is 25.6. The molecule has 2 N–H and O–H groups in total. The SMILES string of the molecule is C[C@H]1[C@H](C)CC[C@]2(C)CC[C@]3(C)C(=C[C@@H](O)[C@H]4[C@@]3(C)[C@H](O)C[C@@]35OO[C@@H](CC(=O)C3(C)C)[C@]45C)[C@H]12. The summed E-state index contributed by atoms with van der Waals surface area (Å²) in [5.74, 6) is 1.47. The van der Waals surface area contributed by atoms with Crippen LogP contribution < -0.4 is 0 Å². The summed E-state index contributed by atoms with van der Waals surface area (Å²) in [5.41, 5.74) is -1.51. The number of ketones is 1. The van der Waals surface area contributed by atoms with Gasteiger partial charge in [0, 0.05) is 29.6 Å². The minimum atomic E-state index is -0.956. The molecule has 0 aromatic carbocycles. The van der Waals surface area contributed by atoms with Gasteiger partial charge in [0.2, 0.25) is 0 Å². The molecule has 196 valence electrons. The van der Waals surface area contributed by atoms with Crippen molar-refractivity contribution in [3.63, 3.8) is 0 Å². The Morgan fingerprint density at radius 1 is 0.971 bits per heavy atom. The summed E-state index contributed by atoms with van der Waals surface area (Å²) in [7, 11) is 0. The van der Waals surface area contributed by atoms with Crippen LogP contribution >= 0.6 is 0 Å². The summed E-state index contributed by atoms with van der Waals surface area (Å²) < 4.78 is 0. The van der Waals surface area contributed by atoms with Gasteiger partial charge in [-0.25, -0.2) is 9.78 Å². The Hall–Kier alpha value is -0.750. The fraction of sp³-hybridized carbons (Fsp3) is 0.900. The van der Waals surface area contributed by atoms with E-state index in [2.05, 4.69) is 47.6 Å². The molecule has 12 atom stereocenters. The molecule has 35 heavy (non-hydrogen) atoms. The van der Waals surface area contributed by atoms with E-state index in [-0.39, 0.29) is 22.5 Å². The number of carbonyl (C=O) groups is 1. The standard InChI is InChI=1S/C30H46O5/c1-16-9-10-26(5)11-12-27(6)18(23(26)17(16)2)13-19(31)24-28(27,7)21(33)15-30-25(3,4)20(32)14-22(34-35-30)29(24,30)8/h13,16-17,19,21-24,31,33H,9-12,14-15H2,1-8H3/t16-,17+,19-,21-,22+,23+,24+,26-,27-,28-,29-,30-/m1/s1. The first-order chi connectivity index (χ1) is 16.1. The molecule has 0 aromatic rings. The Morgan fingerprint density at radius 2 is 1.66 bits per heavy atom. The van der Waals surface area contributed by atoms with E-state index in [4.69, 9.17) is 9.78 Å². The third-order valence-corrected chi connectivity index (χ3v) is 13.8. The second-order valence-electron chi connectivity index (χ2n) is 15.0. The number of Topliss-reactive ketones (excluding diaryl/α,β-unsaturated/α-hetero) is 1. The smallest absolute Gasteiger partial charge is 0.144 e. The van der Waals surface area contributed by atoms with Crippen LogP contribution in [0.1, 0.15) is 93.9 Å². The van der Waals surface area contributed by atoms with E-state index >= 15 is 0 Å². The molecule has 0 radical (unpaired) electrons. The predicted molar refractivity (Wildman–Crippen MR) is 133 cm³/mol. The molecule has 1 aliphatic heterocycles. The third kappa shape index (κ3) is 2.40. The monoisotopic (exact) mass is 486 g/mol. The van der Waals surface area contributed by atoms with Crippen LogP contribution in [0, 0.1) is 50.7 Å². The van der Waals surface area contributed by atoms with Crippen molar-refractivity contribution in [3.05, 3.63) is 11.6 Å². The molecule has 5 fully saturated rings. The van der Waals surface area contributed by atoms with Gasteiger partial charge < -0.3 is 10.2 Å². The minimum Gasteiger partial charge on any atom is -0.392 e. The number of allylic oxidation sites excluding steroid dienone is 1. The van der Waals surface area contributed by atoms with Crippen LogP contribution in [0.3, 0.4) is 0 Å². The van der Waals surface area contributed by atoms with Gasteiger partial charge in [-0.3, -0.25) is 4.79 Å². The molecule has 1 saturated heterocycles. The van der Waals surface area contributed by atoms with Crippen molar-refractivity contribution >= 4 is 5.78 Å². The number of hydrogen-bond donors (Lipinski definition) is 2. The van der Waals surface area contributed by atoms with Crippen LogP contribution in [0.5, 0.6) is 0 Å². The largest absolute Gasteiger partial charge is 0.392 e. The number of carbonyl (C=O) groups excluding carboxylic acids is 1. The lowest BCUT2D eigenvalue weighted by molar-refractivity contribution is -0.358. The maximum Gasteiger partial charge on any atom is 0.144 e. The molecule has 0 spiro atoms. The summed E-state index contributed by atoms with van der Waals surface area (Å²) in [6, 6.07) is 0. The van der Waals surface area contributed by atoms with Crippen molar-refractivity contribution < 1.29 is 24.8 Å². The van der Waals surface area contributed by atoms with Gasteiger partial charge in [-0.05, 0) is 68.1 Å². The molecule has 5 aliphatic carbocycles. The van der Waals surface area contributed by atoms with E-state index in [9.17, 15) is 15.0 Å². The summed E-state index contributed by atoms with van der Waals surface area (Å²) in [6.07, 6.45) is 5.68. The molecular weight excluding hydrogens is 440 g/mol. The van der Waals surface area contributed by atoms with Gasteiger partial charge in [0.05, 0.1) is 17.6 Å². The van der Waals surface area contributed by atoms with Crippen molar-refractivity contribution in [2.75, 3.05) is 0 Å².